The monoisotopic (exact) mass is 232 g/mol. The first-order valence-corrected chi connectivity index (χ1v) is 4.63. The fourth-order valence-corrected chi connectivity index (χ4v) is 1.15. The third-order valence-electron chi connectivity index (χ3n) is 1.95. The van der Waals surface area contributed by atoms with Crippen LogP contribution in [-0.4, -0.2) is 16.8 Å². The van der Waals surface area contributed by atoms with E-state index in [1.54, 1.807) is 6.08 Å². The molecule has 0 aromatic heterocycles. The van der Waals surface area contributed by atoms with E-state index in [4.69, 9.17) is 5.11 Å². The molecule has 0 saturated carbocycles. The van der Waals surface area contributed by atoms with E-state index >= 15 is 0 Å². The SMILES string of the molecule is OCCC=Cc1ccc(C(F)(F)F)cc1O. The molecule has 16 heavy (non-hydrogen) atoms. The first-order valence-electron chi connectivity index (χ1n) is 4.63. The van der Waals surface area contributed by atoms with Crippen molar-refractivity contribution in [1.29, 1.82) is 0 Å². The van der Waals surface area contributed by atoms with Gasteiger partial charge >= 0.3 is 6.18 Å². The summed E-state index contributed by atoms with van der Waals surface area (Å²) < 4.78 is 36.7. The van der Waals surface area contributed by atoms with Crippen LogP contribution in [0.4, 0.5) is 13.2 Å². The molecule has 0 fully saturated rings. The lowest BCUT2D eigenvalue weighted by molar-refractivity contribution is -0.137. The average Bonchev–Trinajstić information content (AvgIpc) is 2.19. The van der Waals surface area contributed by atoms with Gasteiger partial charge in [0.2, 0.25) is 0 Å². The third-order valence-corrected chi connectivity index (χ3v) is 1.95. The van der Waals surface area contributed by atoms with Crippen molar-refractivity contribution in [2.45, 2.75) is 12.6 Å². The predicted molar refractivity (Wildman–Crippen MR) is 53.8 cm³/mol. The lowest BCUT2D eigenvalue weighted by Gasteiger charge is -2.07. The summed E-state index contributed by atoms with van der Waals surface area (Å²) in [5.41, 5.74) is -0.592. The highest BCUT2D eigenvalue weighted by Crippen LogP contribution is 2.32. The van der Waals surface area contributed by atoms with Gasteiger partial charge in [-0.25, -0.2) is 0 Å². The lowest BCUT2D eigenvalue weighted by atomic mass is 10.1. The van der Waals surface area contributed by atoms with E-state index < -0.39 is 17.5 Å². The molecule has 0 amide bonds. The fraction of sp³-hybridized carbons (Fsp3) is 0.273. The molecule has 0 heterocycles. The maximum Gasteiger partial charge on any atom is 0.416 e. The normalized spacial score (nSPS) is 12.2. The van der Waals surface area contributed by atoms with Gasteiger partial charge < -0.3 is 10.2 Å². The minimum absolute atomic E-state index is 0.0438. The van der Waals surface area contributed by atoms with Crippen LogP contribution < -0.4 is 0 Å². The number of rotatable bonds is 3. The Morgan fingerprint density at radius 2 is 1.94 bits per heavy atom. The second-order valence-corrected chi connectivity index (χ2v) is 3.19. The Balaban J connectivity index is 2.92. The molecule has 1 aromatic rings. The van der Waals surface area contributed by atoms with Crippen molar-refractivity contribution in [2.24, 2.45) is 0 Å². The Hall–Kier alpha value is -1.49. The predicted octanol–water partition coefficient (Wildman–Crippen LogP) is 2.81. The molecule has 0 radical (unpaired) electrons. The van der Waals surface area contributed by atoms with Crippen molar-refractivity contribution in [1.82, 2.24) is 0 Å². The summed E-state index contributed by atoms with van der Waals surface area (Å²) >= 11 is 0. The summed E-state index contributed by atoms with van der Waals surface area (Å²) in [7, 11) is 0. The molecule has 1 rings (SSSR count). The van der Waals surface area contributed by atoms with E-state index in [0.29, 0.717) is 18.1 Å². The van der Waals surface area contributed by atoms with E-state index in [1.165, 1.54) is 12.1 Å². The molecule has 0 saturated heterocycles. The highest BCUT2D eigenvalue weighted by molar-refractivity contribution is 5.57. The number of aliphatic hydroxyl groups is 1. The van der Waals surface area contributed by atoms with Gasteiger partial charge in [0.1, 0.15) is 5.75 Å². The molecule has 0 unspecified atom stereocenters. The summed E-state index contributed by atoms with van der Waals surface area (Å²) in [6.45, 7) is -0.0438. The first kappa shape index (κ1) is 12.6. The molecule has 0 spiro atoms. The summed E-state index contributed by atoms with van der Waals surface area (Å²) in [6.07, 6.45) is -1.03. The summed E-state index contributed by atoms with van der Waals surface area (Å²) in [5.74, 6) is -0.427. The molecule has 88 valence electrons. The van der Waals surface area contributed by atoms with Crippen molar-refractivity contribution in [3.8, 4) is 5.75 Å². The van der Waals surface area contributed by atoms with Crippen molar-refractivity contribution < 1.29 is 23.4 Å². The van der Waals surface area contributed by atoms with E-state index in [2.05, 4.69) is 0 Å². The number of halogens is 3. The zero-order valence-corrected chi connectivity index (χ0v) is 8.33. The Kier molecular flexibility index (Phi) is 3.95. The standard InChI is InChI=1S/C11H11F3O2/c12-11(13,14)9-5-4-8(10(16)7-9)3-1-2-6-15/h1,3-5,7,15-16H,2,6H2. The van der Waals surface area contributed by atoms with Gasteiger partial charge in [-0.3, -0.25) is 0 Å². The third kappa shape index (κ3) is 3.27. The zero-order valence-electron chi connectivity index (χ0n) is 8.33. The largest absolute Gasteiger partial charge is 0.507 e. The summed E-state index contributed by atoms with van der Waals surface area (Å²) in [5, 5.41) is 17.8. The second kappa shape index (κ2) is 5.03. The number of benzene rings is 1. The minimum atomic E-state index is -4.45. The molecule has 2 N–H and O–H groups in total. The van der Waals surface area contributed by atoms with Crippen LogP contribution in [-0.2, 0) is 6.18 Å². The van der Waals surface area contributed by atoms with Crippen LogP contribution in [0, 0.1) is 0 Å². The lowest BCUT2D eigenvalue weighted by Crippen LogP contribution is -2.04. The van der Waals surface area contributed by atoms with E-state index in [-0.39, 0.29) is 6.61 Å². The van der Waals surface area contributed by atoms with Gasteiger partial charge in [0, 0.05) is 12.2 Å². The molecular formula is C11H11F3O2. The zero-order chi connectivity index (χ0) is 12.2. The molecule has 0 aliphatic heterocycles. The van der Waals surface area contributed by atoms with Crippen molar-refractivity contribution in [3.63, 3.8) is 0 Å². The maximum absolute atomic E-state index is 12.2. The van der Waals surface area contributed by atoms with Crippen LogP contribution in [0.1, 0.15) is 17.5 Å². The van der Waals surface area contributed by atoms with Gasteiger partial charge in [-0.05, 0) is 18.6 Å². The van der Waals surface area contributed by atoms with Crippen molar-refractivity contribution >= 4 is 6.08 Å². The molecule has 2 nitrogen and oxygen atoms in total. The number of hydrogen-bond donors (Lipinski definition) is 2. The molecule has 0 atom stereocenters. The molecule has 5 heteroatoms. The summed E-state index contributed by atoms with van der Waals surface area (Å²) in [6, 6.07) is 2.77. The highest BCUT2D eigenvalue weighted by atomic mass is 19.4. The smallest absolute Gasteiger partial charge is 0.416 e. The van der Waals surface area contributed by atoms with Gasteiger partial charge in [0.05, 0.1) is 5.56 Å². The Morgan fingerprint density at radius 3 is 2.44 bits per heavy atom. The molecule has 1 aromatic carbocycles. The maximum atomic E-state index is 12.2. The second-order valence-electron chi connectivity index (χ2n) is 3.19. The van der Waals surface area contributed by atoms with Crippen molar-refractivity contribution in [3.05, 3.63) is 35.4 Å². The fourth-order valence-electron chi connectivity index (χ4n) is 1.15. The molecule has 0 bridgehead atoms. The van der Waals surface area contributed by atoms with E-state index in [9.17, 15) is 18.3 Å². The number of alkyl halides is 3. The number of phenols is 1. The Bertz CT molecular complexity index is 383. The van der Waals surface area contributed by atoms with Crippen LogP contribution in [0.5, 0.6) is 5.75 Å². The highest BCUT2D eigenvalue weighted by Gasteiger charge is 2.30. The Labute approximate surface area is 90.7 Å². The quantitative estimate of drug-likeness (QED) is 0.841. The topological polar surface area (TPSA) is 40.5 Å². The van der Waals surface area contributed by atoms with Gasteiger partial charge in [0.25, 0.3) is 0 Å². The van der Waals surface area contributed by atoms with Crippen LogP contribution in [0.15, 0.2) is 24.3 Å². The van der Waals surface area contributed by atoms with Crippen LogP contribution in [0.2, 0.25) is 0 Å². The van der Waals surface area contributed by atoms with Gasteiger partial charge in [-0.15, -0.1) is 0 Å². The van der Waals surface area contributed by atoms with Crippen LogP contribution in [0.25, 0.3) is 6.08 Å². The van der Waals surface area contributed by atoms with E-state index in [0.717, 1.165) is 6.07 Å². The van der Waals surface area contributed by atoms with Crippen molar-refractivity contribution in [2.75, 3.05) is 6.61 Å². The van der Waals surface area contributed by atoms with Gasteiger partial charge in [0.15, 0.2) is 0 Å². The summed E-state index contributed by atoms with van der Waals surface area (Å²) in [4.78, 5) is 0. The Morgan fingerprint density at radius 1 is 1.25 bits per heavy atom. The van der Waals surface area contributed by atoms with E-state index in [1.807, 2.05) is 0 Å². The minimum Gasteiger partial charge on any atom is -0.507 e. The van der Waals surface area contributed by atoms with Crippen LogP contribution >= 0.6 is 0 Å². The number of hydrogen-bond acceptors (Lipinski definition) is 2. The molecule has 0 aliphatic carbocycles. The molecular weight excluding hydrogens is 221 g/mol. The first-order chi connectivity index (χ1) is 7.45. The number of aliphatic hydroxyl groups excluding tert-OH is 1. The van der Waals surface area contributed by atoms with Gasteiger partial charge in [-0.2, -0.15) is 13.2 Å². The number of aromatic hydroxyl groups is 1. The average molecular weight is 232 g/mol. The number of phenolic OH excluding ortho intramolecular Hbond substituents is 1. The molecule has 0 aliphatic rings. The van der Waals surface area contributed by atoms with Gasteiger partial charge in [-0.1, -0.05) is 18.2 Å². The van der Waals surface area contributed by atoms with Crippen LogP contribution in [0.3, 0.4) is 0 Å².